The van der Waals surface area contributed by atoms with E-state index in [0.717, 1.165) is 28.6 Å². The van der Waals surface area contributed by atoms with Gasteiger partial charge in [-0.1, -0.05) is 33.6 Å². The molecule has 19 heavy (non-hydrogen) atoms. The third-order valence-corrected chi connectivity index (χ3v) is 4.91. The summed E-state index contributed by atoms with van der Waals surface area (Å²) in [5, 5.41) is 4.47. The number of hydrogen-bond donors (Lipinski definition) is 1. The molecule has 1 heterocycles. The monoisotopic (exact) mass is 342 g/mol. The molecule has 1 aromatic carbocycles. The van der Waals surface area contributed by atoms with Crippen LogP contribution in [0.25, 0.3) is 0 Å². The predicted octanol–water partition coefficient (Wildman–Crippen LogP) is 3.82. The maximum Gasteiger partial charge on any atom is 0.0462 e. The molecule has 1 N–H and O–H groups in total. The van der Waals surface area contributed by atoms with E-state index in [-0.39, 0.29) is 0 Å². The van der Waals surface area contributed by atoms with Crippen molar-refractivity contribution in [2.45, 2.75) is 44.3 Å². The van der Waals surface area contributed by atoms with Crippen LogP contribution >= 0.6 is 27.5 Å². The van der Waals surface area contributed by atoms with Gasteiger partial charge in [0, 0.05) is 34.7 Å². The second-order valence-corrected chi connectivity index (χ2v) is 7.01. The van der Waals surface area contributed by atoms with Crippen LogP contribution < -0.4 is 5.32 Å². The van der Waals surface area contributed by atoms with Gasteiger partial charge in [0.05, 0.1) is 0 Å². The minimum Gasteiger partial charge on any atom is -0.313 e. The second kappa shape index (κ2) is 6.13. The van der Waals surface area contributed by atoms with Gasteiger partial charge in [-0.3, -0.25) is 4.90 Å². The Morgan fingerprint density at radius 3 is 2.79 bits per heavy atom. The molecule has 4 heteroatoms. The first-order valence-electron chi connectivity index (χ1n) is 7.14. The van der Waals surface area contributed by atoms with Crippen LogP contribution in [-0.4, -0.2) is 30.1 Å². The van der Waals surface area contributed by atoms with Crippen LogP contribution in [0.15, 0.2) is 22.7 Å². The molecule has 2 aliphatic rings. The molecule has 1 saturated heterocycles. The summed E-state index contributed by atoms with van der Waals surface area (Å²) in [5.74, 6) is 0. The van der Waals surface area contributed by atoms with Crippen molar-refractivity contribution in [3.8, 4) is 0 Å². The van der Waals surface area contributed by atoms with E-state index < -0.39 is 0 Å². The van der Waals surface area contributed by atoms with Crippen molar-refractivity contribution in [3.63, 3.8) is 0 Å². The fourth-order valence-corrected chi connectivity index (χ4v) is 3.58. The van der Waals surface area contributed by atoms with Crippen molar-refractivity contribution in [1.29, 1.82) is 0 Å². The first kappa shape index (κ1) is 13.9. The first-order chi connectivity index (χ1) is 9.22. The van der Waals surface area contributed by atoms with Gasteiger partial charge < -0.3 is 5.32 Å². The fourth-order valence-electron chi connectivity index (χ4n) is 2.85. The average Bonchev–Trinajstić information content (AvgIpc) is 3.10. The first-order valence-corrected chi connectivity index (χ1v) is 8.31. The van der Waals surface area contributed by atoms with Gasteiger partial charge in [-0.15, -0.1) is 0 Å². The predicted molar refractivity (Wildman–Crippen MR) is 83.6 cm³/mol. The minimum absolute atomic E-state index is 0.676. The number of hydrogen-bond acceptors (Lipinski definition) is 2. The maximum atomic E-state index is 6.34. The molecule has 0 aromatic heterocycles. The Labute approximate surface area is 128 Å². The summed E-state index contributed by atoms with van der Waals surface area (Å²) in [4.78, 5) is 2.61. The van der Waals surface area contributed by atoms with Gasteiger partial charge >= 0.3 is 0 Å². The Morgan fingerprint density at radius 2 is 2.16 bits per heavy atom. The molecule has 0 bridgehead atoms. The number of nitrogens with zero attached hydrogens (tertiary/aromatic N) is 1. The standard InChI is InChI=1S/C15H20BrClN2/c16-12-4-3-11(15(17)8-12)9-19(14-5-6-14)10-13-2-1-7-18-13/h3-4,8,13-14,18H,1-2,5-7,9-10H2. The molecule has 2 fully saturated rings. The molecule has 1 unspecified atom stereocenters. The van der Waals surface area contributed by atoms with Crippen LogP contribution in [0.4, 0.5) is 0 Å². The number of halogens is 2. The van der Waals surface area contributed by atoms with E-state index in [2.05, 4.69) is 38.3 Å². The minimum atomic E-state index is 0.676. The Hall–Kier alpha value is -0.0900. The largest absolute Gasteiger partial charge is 0.313 e. The van der Waals surface area contributed by atoms with Gasteiger partial charge in [0.25, 0.3) is 0 Å². The second-order valence-electron chi connectivity index (χ2n) is 5.69. The molecular weight excluding hydrogens is 324 g/mol. The number of nitrogens with one attached hydrogen (secondary N) is 1. The van der Waals surface area contributed by atoms with E-state index in [9.17, 15) is 0 Å². The normalized spacial score (nSPS) is 23.2. The Bertz CT molecular complexity index is 442. The summed E-state index contributed by atoms with van der Waals surface area (Å²) in [7, 11) is 0. The maximum absolute atomic E-state index is 6.34. The third-order valence-electron chi connectivity index (χ3n) is 4.07. The van der Waals surface area contributed by atoms with Crippen LogP contribution in [0.5, 0.6) is 0 Å². The number of rotatable bonds is 5. The molecule has 1 saturated carbocycles. The number of benzene rings is 1. The van der Waals surface area contributed by atoms with Crippen LogP contribution in [0.1, 0.15) is 31.2 Å². The molecule has 2 nitrogen and oxygen atoms in total. The lowest BCUT2D eigenvalue weighted by atomic mass is 10.1. The van der Waals surface area contributed by atoms with Crippen molar-refractivity contribution in [2.75, 3.05) is 13.1 Å². The molecule has 104 valence electrons. The third kappa shape index (κ3) is 3.72. The summed E-state index contributed by atoms with van der Waals surface area (Å²) >= 11 is 9.81. The molecule has 0 amide bonds. The highest BCUT2D eigenvalue weighted by molar-refractivity contribution is 9.10. The lowest BCUT2D eigenvalue weighted by molar-refractivity contribution is 0.231. The highest BCUT2D eigenvalue weighted by Gasteiger charge is 2.31. The van der Waals surface area contributed by atoms with E-state index in [1.807, 2.05) is 6.07 Å². The highest BCUT2D eigenvalue weighted by atomic mass is 79.9. The van der Waals surface area contributed by atoms with Crippen LogP contribution in [0.3, 0.4) is 0 Å². The Morgan fingerprint density at radius 1 is 1.32 bits per heavy atom. The summed E-state index contributed by atoms with van der Waals surface area (Å²) in [6, 6.07) is 7.68. The summed E-state index contributed by atoms with van der Waals surface area (Å²) in [6.07, 6.45) is 5.33. The van der Waals surface area contributed by atoms with Gasteiger partial charge in [-0.25, -0.2) is 0 Å². The van der Waals surface area contributed by atoms with Crippen LogP contribution in [-0.2, 0) is 6.54 Å². The topological polar surface area (TPSA) is 15.3 Å². The summed E-state index contributed by atoms with van der Waals surface area (Å²) < 4.78 is 1.05. The van der Waals surface area contributed by atoms with Gasteiger partial charge in [0.2, 0.25) is 0 Å². The molecule has 3 rings (SSSR count). The van der Waals surface area contributed by atoms with E-state index in [1.54, 1.807) is 0 Å². The molecule has 1 atom stereocenters. The zero-order chi connectivity index (χ0) is 13.2. The van der Waals surface area contributed by atoms with Crippen molar-refractivity contribution in [1.82, 2.24) is 10.2 Å². The molecular formula is C15H20BrClN2. The highest BCUT2D eigenvalue weighted by Crippen LogP contribution is 2.31. The Balaban J connectivity index is 1.66. The van der Waals surface area contributed by atoms with E-state index in [1.165, 1.54) is 37.8 Å². The Kier molecular flexibility index (Phi) is 4.47. The molecule has 0 spiro atoms. The van der Waals surface area contributed by atoms with Crippen molar-refractivity contribution < 1.29 is 0 Å². The van der Waals surface area contributed by atoms with Crippen LogP contribution in [0.2, 0.25) is 5.02 Å². The molecule has 0 radical (unpaired) electrons. The molecule has 1 aliphatic carbocycles. The smallest absolute Gasteiger partial charge is 0.0462 e. The van der Waals surface area contributed by atoms with Crippen LogP contribution in [0, 0.1) is 0 Å². The quantitative estimate of drug-likeness (QED) is 0.874. The summed E-state index contributed by atoms with van der Waals surface area (Å²) in [6.45, 7) is 3.33. The zero-order valence-electron chi connectivity index (χ0n) is 11.0. The summed E-state index contributed by atoms with van der Waals surface area (Å²) in [5.41, 5.74) is 1.25. The molecule has 1 aromatic rings. The van der Waals surface area contributed by atoms with Gasteiger partial charge in [-0.05, 0) is 49.9 Å². The lowest BCUT2D eigenvalue weighted by Crippen LogP contribution is -2.38. The van der Waals surface area contributed by atoms with E-state index >= 15 is 0 Å². The van der Waals surface area contributed by atoms with E-state index in [0.29, 0.717) is 6.04 Å². The average molecular weight is 344 g/mol. The van der Waals surface area contributed by atoms with E-state index in [4.69, 9.17) is 11.6 Å². The zero-order valence-corrected chi connectivity index (χ0v) is 13.4. The fraction of sp³-hybridized carbons (Fsp3) is 0.600. The lowest BCUT2D eigenvalue weighted by Gasteiger charge is -2.26. The van der Waals surface area contributed by atoms with Crippen molar-refractivity contribution in [2.24, 2.45) is 0 Å². The van der Waals surface area contributed by atoms with Gasteiger partial charge in [0.15, 0.2) is 0 Å². The molecule has 1 aliphatic heterocycles. The van der Waals surface area contributed by atoms with Gasteiger partial charge in [-0.2, -0.15) is 0 Å². The van der Waals surface area contributed by atoms with Crippen molar-refractivity contribution >= 4 is 27.5 Å². The van der Waals surface area contributed by atoms with Crippen molar-refractivity contribution in [3.05, 3.63) is 33.3 Å². The van der Waals surface area contributed by atoms with Gasteiger partial charge in [0.1, 0.15) is 0 Å². The SMILES string of the molecule is Clc1cc(Br)ccc1CN(CC1CCCN1)C1CC1.